The van der Waals surface area contributed by atoms with Crippen LogP contribution >= 0.6 is 11.6 Å². The molecule has 0 saturated carbocycles. The quantitative estimate of drug-likeness (QED) is 0.564. The maximum absolute atomic E-state index is 13.2. The van der Waals surface area contributed by atoms with Gasteiger partial charge in [0.15, 0.2) is 5.78 Å². The molecule has 2 atom stereocenters. The van der Waals surface area contributed by atoms with Crippen molar-refractivity contribution in [2.45, 2.75) is 57.7 Å². The Morgan fingerprint density at radius 1 is 1.18 bits per heavy atom. The van der Waals surface area contributed by atoms with Gasteiger partial charge in [-0.2, -0.15) is 0 Å². The van der Waals surface area contributed by atoms with Crippen LogP contribution in [0.5, 0.6) is 5.75 Å². The summed E-state index contributed by atoms with van der Waals surface area (Å²) in [6.45, 7) is 4.83. The number of Topliss-reactive ketones (excluding diaryl/α,β-unsaturated/α-hetero) is 1. The van der Waals surface area contributed by atoms with Gasteiger partial charge < -0.3 is 15.0 Å². The van der Waals surface area contributed by atoms with Gasteiger partial charge in [-0.15, -0.1) is 0 Å². The first kappa shape index (κ1) is 23.5. The van der Waals surface area contributed by atoms with Crippen LogP contribution in [0.2, 0.25) is 0 Å². The molecule has 1 fully saturated rings. The Morgan fingerprint density at radius 2 is 1.97 bits per heavy atom. The van der Waals surface area contributed by atoms with Gasteiger partial charge in [0.25, 0.3) is 0 Å². The number of hydrogen-bond acceptors (Lipinski definition) is 4. The number of ketones is 1. The van der Waals surface area contributed by atoms with E-state index in [1.54, 1.807) is 4.90 Å². The zero-order chi connectivity index (χ0) is 23.4. The van der Waals surface area contributed by atoms with E-state index in [1.165, 1.54) is 5.56 Å². The molecule has 0 bridgehead atoms. The first-order chi connectivity index (χ1) is 15.9. The molecule has 33 heavy (non-hydrogen) atoms. The van der Waals surface area contributed by atoms with E-state index in [0.717, 1.165) is 34.8 Å². The molecule has 4 rings (SSSR count). The minimum atomic E-state index is -0.494. The molecule has 6 heteroatoms. The van der Waals surface area contributed by atoms with Gasteiger partial charge in [0.05, 0.1) is 6.04 Å². The van der Waals surface area contributed by atoms with E-state index in [4.69, 9.17) is 16.3 Å². The van der Waals surface area contributed by atoms with Gasteiger partial charge in [-0.3, -0.25) is 9.59 Å². The predicted octanol–water partition coefficient (Wildman–Crippen LogP) is 4.37. The number of carbonyl (C=O) groups excluding carboxylic acids is 2. The van der Waals surface area contributed by atoms with Crippen LogP contribution in [0.25, 0.3) is 5.03 Å². The Bertz CT molecular complexity index is 1030. The number of benzene rings is 2. The summed E-state index contributed by atoms with van der Waals surface area (Å²) in [6.07, 6.45) is 4.67. The molecule has 1 N–H and O–H groups in total. The predicted molar refractivity (Wildman–Crippen MR) is 131 cm³/mol. The third-order valence-electron chi connectivity index (χ3n) is 6.26. The zero-order valence-electron chi connectivity index (χ0n) is 19.2. The highest BCUT2D eigenvalue weighted by atomic mass is 35.5. The van der Waals surface area contributed by atoms with Gasteiger partial charge >= 0.3 is 0 Å². The largest absolute Gasteiger partial charge is 0.491 e. The minimum absolute atomic E-state index is 0.0707. The van der Waals surface area contributed by atoms with Gasteiger partial charge in [-0.25, -0.2) is 0 Å². The van der Waals surface area contributed by atoms with Crippen molar-refractivity contribution in [3.05, 3.63) is 71.3 Å². The Labute approximate surface area is 200 Å². The molecule has 0 aromatic heterocycles. The second kappa shape index (κ2) is 10.5. The summed E-state index contributed by atoms with van der Waals surface area (Å²) < 4.78 is 5.84. The number of nitrogens with one attached hydrogen (secondary N) is 1. The van der Waals surface area contributed by atoms with Crippen LogP contribution in [0.4, 0.5) is 0 Å². The maximum atomic E-state index is 13.2. The van der Waals surface area contributed by atoms with Gasteiger partial charge in [-0.1, -0.05) is 61.9 Å². The molecule has 1 amide bonds. The Kier molecular flexibility index (Phi) is 7.51. The van der Waals surface area contributed by atoms with E-state index in [0.29, 0.717) is 19.4 Å². The number of likely N-dealkylation sites (tertiary alicyclic amines) is 1. The van der Waals surface area contributed by atoms with Crippen LogP contribution < -0.4 is 10.1 Å². The van der Waals surface area contributed by atoms with Crippen LogP contribution in [0.15, 0.2) is 54.6 Å². The van der Waals surface area contributed by atoms with E-state index >= 15 is 0 Å². The summed E-state index contributed by atoms with van der Waals surface area (Å²) in [6, 6.07) is 15.0. The number of allylic oxidation sites excluding steroid dienone is 1. The van der Waals surface area contributed by atoms with E-state index in [9.17, 15) is 9.59 Å². The molecule has 2 aliphatic rings. The lowest BCUT2D eigenvalue weighted by molar-refractivity contribution is -0.148. The fourth-order valence-electron chi connectivity index (χ4n) is 4.40. The van der Waals surface area contributed by atoms with Crippen LogP contribution in [0.3, 0.4) is 0 Å². The molecule has 5 nitrogen and oxygen atoms in total. The number of rotatable bonds is 10. The van der Waals surface area contributed by atoms with E-state index in [1.807, 2.05) is 50.3 Å². The van der Waals surface area contributed by atoms with Gasteiger partial charge in [0.1, 0.15) is 18.4 Å². The van der Waals surface area contributed by atoms with Gasteiger partial charge in [-0.05, 0) is 54.2 Å². The maximum Gasteiger partial charge on any atom is 0.243 e. The number of carbonyl (C=O) groups is 2. The molecule has 0 spiro atoms. The third kappa shape index (κ3) is 5.66. The van der Waals surface area contributed by atoms with E-state index < -0.39 is 6.04 Å². The minimum Gasteiger partial charge on any atom is -0.491 e. The topological polar surface area (TPSA) is 58.6 Å². The highest BCUT2D eigenvalue weighted by Crippen LogP contribution is 2.31. The van der Waals surface area contributed by atoms with Crippen molar-refractivity contribution in [2.75, 3.05) is 13.2 Å². The van der Waals surface area contributed by atoms with Crippen molar-refractivity contribution < 1.29 is 14.3 Å². The van der Waals surface area contributed by atoms with Crippen LogP contribution in [-0.2, 0) is 22.4 Å². The molecule has 1 aliphatic carbocycles. The standard InChI is InChI=1S/C27H31ClN2O3/c1-18(2)29-24(17-33-21-6-4-3-5-7-21)27(32)30-15-14-25(30)26(31)13-9-19-8-10-20-11-12-23(28)22(20)16-19/h3-8,10,12,16,18,24-25,29H,9,11,13-15,17H2,1-2H3/t24-,25?/m1/s1. The summed E-state index contributed by atoms with van der Waals surface area (Å²) in [5.41, 5.74) is 3.40. The number of para-hydroxylation sites is 1. The lowest BCUT2D eigenvalue weighted by atomic mass is 9.92. The lowest BCUT2D eigenvalue weighted by Crippen LogP contribution is -2.61. The van der Waals surface area contributed by atoms with Crippen molar-refractivity contribution in [2.24, 2.45) is 0 Å². The monoisotopic (exact) mass is 466 g/mol. The molecule has 174 valence electrons. The number of ether oxygens (including phenoxy) is 1. The highest BCUT2D eigenvalue weighted by molar-refractivity contribution is 6.49. The fourth-order valence-corrected chi connectivity index (χ4v) is 4.65. The van der Waals surface area contributed by atoms with Crippen molar-refractivity contribution >= 4 is 28.3 Å². The first-order valence-electron chi connectivity index (χ1n) is 11.7. The normalized spacial score (nSPS) is 17.9. The number of fused-ring (bicyclic) bond motifs is 1. The van der Waals surface area contributed by atoms with Crippen LogP contribution in [0, 0.1) is 0 Å². The molecule has 2 aromatic rings. The first-order valence-corrected chi connectivity index (χ1v) is 12.0. The molecule has 2 aromatic carbocycles. The smallest absolute Gasteiger partial charge is 0.243 e. The number of aryl methyl sites for hydroxylation is 1. The van der Waals surface area contributed by atoms with Crippen molar-refractivity contribution in [1.82, 2.24) is 10.2 Å². The lowest BCUT2D eigenvalue weighted by Gasteiger charge is -2.42. The van der Waals surface area contributed by atoms with E-state index in [-0.39, 0.29) is 30.4 Å². The average molecular weight is 467 g/mol. The average Bonchev–Trinajstić information content (AvgIpc) is 3.15. The summed E-state index contributed by atoms with van der Waals surface area (Å²) in [5, 5.41) is 4.09. The number of amides is 1. The Balaban J connectivity index is 1.34. The van der Waals surface area contributed by atoms with Gasteiger partial charge in [0.2, 0.25) is 5.91 Å². The summed E-state index contributed by atoms with van der Waals surface area (Å²) in [5.74, 6) is 0.768. The van der Waals surface area contributed by atoms with E-state index in [2.05, 4.69) is 23.5 Å². The molecule has 1 saturated heterocycles. The van der Waals surface area contributed by atoms with Crippen LogP contribution in [-0.4, -0.2) is 47.9 Å². The Hall–Kier alpha value is -2.63. The zero-order valence-corrected chi connectivity index (χ0v) is 20.0. The summed E-state index contributed by atoms with van der Waals surface area (Å²) in [4.78, 5) is 27.9. The highest BCUT2D eigenvalue weighted by Gasteiger charge is 2.40. The molecular formula is C27H31ClN2O3. The molecular weight excluding hydrogens is 436 g/mol. The number of halogens is 1. The Morgan fingerprint density at radius 3 is 2.67 bits per heavy atom. The summed E-state index contributed by atoms with van der Waals surface area (Å²) in [7, 11) is 0. The van der Waals surface area contributed by atoms with Crippen molar-refractivity contribution in [1.29, 1.82) is 0 Å². The van der Waals surface area contributed by atoms with Gasteiger partial charge in [0, 0.05) is 24.0 Å². The number of nitrogens with zero attached hydrogens (tertiary/aromatic N) is 1. The van der Waals surface area contributed by atoms with Crippen molar-refractivity contribution in [3.63, 3.8) is 0 Å². The fraction of sp³-hybridized carbons (Fsp3) is 0.407. The molecule has 1 unspecified atom stereocenters. The molecule has 0 radical (unpaired) electrons. The summed E-state index contributed by atoms with van der Waals surface area (Å²) >= 11 is 6.28. The number of hydrogen-bond donors (Lipinski definition) is 1. The van der Waals surface area contributed by atoms with Crippen molar-refractivity contribution in [3.8, 4) is 5.75 Å². The second-order valence-electron chi connectivity index (χ2n) is 9.05. The molecule has 1 heterocycles. The van der Waals surface area contributed by atoms with Crippen LogP contribution in [0.1, 0.15) is 43.4 Å². The third-order valence-corrected chi connectivity index (χ3v) is 6.62. The second-order valence-corrected chi connectivity index (χ2v) is 9.46. The SMILES string of the molecule is CC(C)N[C@H](COc1ccccc1)C(=O)N1CCC1C(=O)CCc1ccc2c(c1)C(Cl)=CC2. The molecule has 1 aliphatic heterocycles.